The Morgan fingerprint density at radius 3 is 2.18 bits per heavy atom. The van der Waals surface area contributed by atoms with Crippen molar-refractivity contribution in [2.45, 2.75) is 149 Å². The van der Waals surface area contributed by atoms with Crippen molar-refractivity contribution in [3.05, 3.63) is 11.6 Å². The van der Waals surface area contributed by atoms with Crippen molar-refractivity contribution >= 4 is 17.7 Å². The van der Waals surface area contributed by atoms with Gasteiger partial charge in [-0.15, -0.1) is 0 Å². The molecule has 3 saturated carbocycles. The number of ketones is 1. The Bertz CT molecular complexity index is 892. The first kappa shape index (κ1) is 29.3. The normalized spacial score (nSPS) is 36.1. The second-order valence-corrected chi connectivity index (χ2v) is 13.3. The van der Waals surface area contributed by atoms with Gasteiger partial charge in [-0.25, -0.2) is 0 Å². The molecule has 5 heteroatoms. The van der Waals surface area contributed by atoms with Gasteiger partial charge >= 0.3 is 11.9 Å². The third kappa shape index (κ3) is 6.22. The summed E-state index contributed by atoms with van der Waals surface area (Å²) in [5.74, 6) is 0.955. The quantitative estimate of drug-likeness (QED) is 0.146. The predicted molar refractivity (Wildman–Crippen MR) is 149 cm³/mol. The first-order valence-electron chi connectivity index (χ1n) is 15.8. The topological polar surface area (TPSA) is 69.7 Å². The van der Waals surface area contributed by atoms with Crippen molar-refractivity contribution in [3.8, 4) is 0 Å². The number of ether oxygens (including phenoxy) is 2. The van der Waals surface area contributed by atoms with E-state index in [1.54, 1.807) is 0 Å². The van der Waals surface area contributed by atoms with Crippen LogP contribution in [0.4, 0.5) is 0 Å². The minimum atomic E-state index is -0.278. The third-order valence-corrected chi connectivity index (χ3v) is 10.9. The monoisotopic (exact) mass is 528 g/mol. The van der Waals surface area contributed by atoms with E-state index in [9.17, 15) is 14.4 Å². The van der Waals surface area contributed by atoms with Gasteiger partial charge < -0.3 is 9.47 Å². The lowest BCUT2D eigenvalue weighted by molar-refractivity contribution is -0.161. The highest BCUT2D eigenvalue weighted by atomic mass is 16.5. The largest absolute Gasteiger partial charge is 0.462 e. The summed E-state index contributed by atoms with van der Waals surface area (Å²) < 4.78 is 11.9. The zero-order chi connectivity index (χ0) is 27.3. The summed E-state index contributed by atoms with van der Waals surface area (Å²) in [6, 6.07) is 0. The van der Waals surface area contributed by atoms with Crippen LogP contribution in [-0.2, 0) is 23.9 Å². The van der Waals surface area contributed by atoms with E-state index < -0.39 is 0 Å². The zero-order valence-corrected chi connectivity index (χ0v) is 24.5. The second-order valence-electron chi connectivity index (χ2n) is 13.3. The van der Waals surface area contributed by atoms with Crippen molar-refractivity contribution in [1.82, 2.24) is 0 Å². The lowest BCUT2D eigenvalue weighted by atomic mass is 9.47. The molecule has 0 radical (unpaired) electrons. The summed E-state index contributed by atoms with van der Waals surface area (Å²) in [6.45, 7) is 8.27. The van der Waals surface area contributed by atoms with Crippen LogP contribution in [-0.4, -0.2) is 29.9 Å². The molecule has 0 amide bonds. The van der Waals surface area contributed by atoms with E-state index in [0.29, 0.717) is 24.5 Å². The average Bonchev–Trinajstić information content (AvgIpc) is 3.17. The lowest BCUT2D eigenvalue weighted by Gasteiger charge is -2.58. The Morgan fingerprint density at radius 1 is 0.868 bits per heavy atom. The van der Waals surface area contributed by atoms with Gasteiger partial charge in [0.1, 0.15) is 18.0 Å². The number of rotatable bonds is 12. The molecule has 4 aliphatic rings. The van der Waals surface area contributed by atoms with Crippen molar-refractivity contribution in [3.63, 3.8) is 0 Å². The van der Waals surface area contributed by atoms with Crippen LogP contribution in [0.2, 0.25) is 0 Å². The molecule has 4 rings (SSSR count). The van der Waals surface area contributed by atoms with Crippen LogP contribution in [0.1, 0.15) is 137 Å². The highest BCUT2D eigenvalue weighted by molar-refractivity contribution is 5.87. The zero-order valence-electron chi connectivity index (χ0n) is 24.5. The molecule has 0 aromatic carbocycles. The van der Waals surface area contributed by atoms with Gasteiger partial charge in [-0.3, -0.25) is 14.4 Å². The molecule has 7 atom stereocenters. The lowest BCUT2D eigenvalue weighted by Crippen LogP contribution is -2.55. The van der Waals surface area contributed by atoms with E-state index in [1.807, 2.05) is 0 Å². The molecule has 5 nitrogen and oxygen atoms in total. The van der Waals surface area contributed by atoms with Crippen molar-refractivity contribution in [1.29, 1.82) is 0 Å². The van der Waals surface area contributed by atoms with Gasteiger partial charge in [0.15, 0.2) is 0 Å². The van der Waals surface area contributed by atoms with Gasteiger partial charge in [-0.2, -0.15) is 0 Å². The summed E-state index contributed by atoms with van der Waals surface area (Å²) in [7, 11) is 0. The van der Waals surface area contributed by atoms with Crippen LogP contribution in [0.5, 0.6) is 0 Å². The molecule has 0 aliphatic heterocycles. The van der Waals surface area contributed by atoms with Crippen molar-refractivity contribution < 1.29 is 23.9 Å². The number of carbonyl (C=O) groups excluding carboxylic acids is 3. The van der Waals surface area contributed by atoms with Crippen LogP contribution < -0.4 is 0 Å². The van der Waals surface area contributed by atoms with Gasteiger partial charge in [0.2, 0.25) is 0 Å². The number of hydrogen-bond acceptors (Lipinski definition) is 5. The van der Waals surface area contributed by atoms with Crippen LogP contribution in [0, 0.1) is 28.6 Å². The first-order valence-corrected chi connectivity index (χ1v) is 15.8. The van der Waals surface area contributed by atoms with E-state index in [0.717, 1.165) is 51.4 Å². The summed E-state index contributed by atoms with van der Waals surface area (Å²) in [5, 5.41) is 0. The predicted octanol–water partition coefficient (Wildman–Crippen LogP) is 7.89. The molecule has 0 aromatic rings. The fourth-order valence-electron chi connectivity index (χ4n) is 8.60. The summed E-state index contributed by atoms with van der Waals surface area (Å²) in [5.41, 5.74) is 1.04. The maximum atomic E-state index is 13.1. The number of hydrogen-bond donors (Lipinski definition) is 0. The third-order valence-electron chi connectivity index (χ3n) is 10.9. The highest BCUT2D eigenvalue weighted by Crippen LogP contribution is 2.64. The van der Waals surface area contributed by atoms with E-state index in [1.165, 1.54) is 57.4 Å². The Balaban J connectivity index is 1.42. The Labute approximate surface area is 230 Å². The minimum absolute atomic E-state index is 0.0221. The molecule has 3 fully saturated rings. The molecule has 3 unspecified atom stereocenters. The van der Waals surface area contributed by atoms with Crippen LogP contribution >= 0.6 is 0 Å². The van der Waals surface area contributed by atoms with E-state index in [2.05, 4.69) is 26.8 Å². The highest BCUT2D eigenvalue weighted by Gasteiger charge is 2.61. The molecule has 4 aliphatic carbocycles. The van der Waals surface area contributed by atoms with Gasteiger partial charge in [-0.05, 0) is 61.9 Å². The van der Waals surface area contributed by atoms with Gasteiger partial charge in [0.25, 0.3) is 0 Å². The maximum Gasteiger partial charge on any atom is 0.306 e. The van der Waals surface area contributed by atoms with Crippen LogP contribution in [0.25, 0.3) is 0 Å². The maximum absolute atomic E-state index is 13.1. The summed E-state index contributed by atoms with van der Waals surface area (Å²) in [6.07, 6.45) is 19.4. The molecule has 0 aromatic heterocycles. The molecular weight excluding hydrogens is 476 g/mol. The van der Waals surface area contributed by atoms with Crippen molar-refractivity contribution in [2.24, 2.45) is 28.6 Å². The molecule has 0 heterocycles. The summed E-state index contributed by atoms with van der Waals surface area (Å²) in [4.78, 5) is 37.7. The Morgan fingerprint density at radius 2 is 1.50 bits per heavy atom. The first-order chi connectivity index (χ1) is 18.2. The molecule has 0 spiro atoms. The summed E-state index contributed by atoms with van der Waals surface area (Å²) >= 11 is 0. The molecular formula is C33H52O5. The fourth-order valence-corrected chi connectivity index (χ4v) is 8.60. The number of Topliss-reactive ketones (excluding diaryl/α,β-unsaturated/α-hetero) is 1. The standard InChI is InChI=1S/C33H52O5/c1-5-6-7-8-9-10-11-12-13-14-30(36)38-28-22-24-21-25(37-23(2)34)17-19-32(24,3)27-18-20-33(4)26(31(27)28)15-16-29(33)35/h22,25-28,31H,5-21H2,1-4H3/t25-,26?,27?,28+,31?,32-,33-/m0/s1. The van der Waals surface area contributed by atoms with E-state index >= 15 is 0 Å². The van der Waals surface area contributed by atoms with Gasteiger partial charge in [0, 0.05) is 37.5 Å². The smallest absolute Gasteiger partial charge is 0.306 e. The number of carbonyl (C=O) groups is 3. The Hall–Kier alpha value is -1.65. The average molecular weight is 529 g/mol. The molecule has 0 saturated heterocycles. The van der Waals surface area contributed by atoms with Crippen molar-refractivity contribution in [2.75, 3.05) is 0 Å². The second kappa shape index (κ2) is 12.7. The van der Waals surface area contributed by atoms with Crippen LogP contribution in [0.15, 0.2) is 11.6 Å². The van der Waals surface area contributed by atoms with Gasteiger partial charge in [-0.1, -0.05) is 77.7 Å². The van der Waals surface area contributed by atoms with Crippen LogP contribution in [0.3, 0.4) is 0 Å². The molecule has 0 bridgehead atoms. The number of fused-ring (bicyclic) bond motifs is 5. The minimum Gasteiger partial charge on any atom is -0.462 e. The number of unbranched alkanes of at least 4 members (excludes halogenated alkanes) is 8. The van der Waals surface area contributed by atoms with E-state index in [-0.39, 0.29) is 46.8 Å². The fraction of sp³-hybridized carbons (Fsp3) is 0.848. The molecule has 214 valence electrons. The Kier molecular flexibility index (Phi) is 9.79. The number of esters is 2. The molecule has 38 heavy (non-hydrogen) atoms. The SMILES string of the molecule is CCCCCCCCCCCC(=O)O[C@@H]1C=C2C[C@@H](OC(C)=O)CC[C@]2(C)C2CC[C@]3(C)C(=O)CCC3C21. The van der Waals surface area contributed by atoms with E-state index in [4.69, 9.17) is 9.47 Å². The molecule has 0 N–H and O–H groups in total. The van der Waals surface area contributed by atoms with Gasteiger partial charge in [0.05, 0.1) is 0 Å².